The maximum absolute atomic E-state index is 13.3. The topological polar surface area (TPSA) is 67.2 Å². The first-order valence-corrected chi connectivity index (χ1v) is 14.1. The molecule has 6 nitrogen and oxygen atoms in total. The van der Waals surface area contributed by atoms with Gasteiger partial charge in [0.1, 0.15) is 0 Å². The van der Waals surface area contributed by atoms with Crippen LogP contribution in [0.25, 0.3) is 11.1 Å². The van der Waals surface area contributed by atoms with Crippen LogP contribution in [-0.2, 0) is 7.05 Å². The molecule has 1 aliphatic heterocycles. The van der Waals surface area contributed by atoms with E-state index >= 15 is 0 Å². The van der Waals surface area contributed by atoms with Gasteiger partial charge in [-0.3, -0.25) is 14.3 Å². The second-order valence-corrected chi connectivity index (χ2v) is 10.7. The van der Waals surface area contributed by atoms with Crippen molar-refractivity contribution in [3.05, 3.63) is 101 Å². The fourth-order valence-corrected chi connectivity index (χ4v) is 5.35. The average molecular weight is 525 g/mol. The summed E-state index contributed by atoms with van der Waals surface area (Å²) >= 11 is 1.64. The van der Waals surface area contributed by atoms with Gasteiger partial charge in [0.2, 0.25) is 0 Å². The number of thioether (sulfide) groups is 1. The van der Waals surface area contributed by atoms with Crippen molar-refractivity contribution in [1.82, 2.24) is 14.7 Å². The summed E-state index contributed by atoms with van der Waals surface area (Å²) in [6, 6.07) is 21.8. The van der Waals surface area contributed by atoms with Crippen molar-refractivity contribution in [2.24, 2.45) is 7.05 Å². The Kier molecular flexibility index (Phi) is 7.65. The van der Waals surface area contributed by atoms with Crippen LogP contribution in [0.3, 0.4) is 0 Å². The van der Waals surface area contributed by atoms with Crippen LogP contribution < -0.4 is 5.32 Å². The largest absolute Gasteiger partial charge is 0.339 e. The molecule has 1 saturated heterocycles. The van der Waals surface area contributed by atoms with Crippen molar-refractivity contribution in [3.8, 4) is 11.1 Å². The summed E-state index contributed by atoms with van der Waals surface area (Å²) in [6.45, 7) is 3.36. The minimum absolute atomic E-state index is 0.00944. The van der Waals surface area contributed by atoms with Crippen LogP contribution in [0, 0.1) is 6.92 Å². The number of nitrogens with one attached hydrogen (secondary N) is 1. The lowest BCUT2D eigenvalue weighted by Gasteiger charge is -2.32. The fourth-order valence-electron chi connectivity index (χ4n) is 4.94. The summed E-state index contributed by atoms with van der Waals surface area (Å²) in [5.74, 6) is 0.267. The Morgan fingerprint density at radius 1 is 0.921 bits per heavy atom. The number of piperidine rings is 1. The van der Waals surface area contributed by atoms with Crippen LogP contribution in [0.1, 0.15) is 50.6 Å². The minimum atomic E-state index is -0.180. The maximum Gasteiger partial charge on any atom is 0.255 e. The molecule has 4 aromatic rings. The number of nitrogens with zero attached hydrogens (tertiary/aromatic N) is 3. The van der Waals surface area contributed by atoms with Crippen LogP contribution in [0.2, 0.25) is 0 Å². The van der Waals surface area contributed by atoms with Crippen molar-refractivity contribution in [2.45, 2.75) is 30.6 Å². The molecular formula is C31H32N4O2S. The zero-order valence-corrected chi connectivity index (χ0v) is 22.8. The molecule has 1 aromatic heterocycles. The van der Waals surface area contributed by atoms with E-state index in [9.17, 15) is 9.59 Å². The highest BCUT2D eigenvalue weighted by molar-refractivity contribution is 7.98. The van der Waals surface area contributed by atoms with Crippen molar-refractivity contribution >= 4 is 29.3 Å². The predicted molar refractivity (Wildman–Crippen MR) is 154 cm³/mol. The van der Waals surface area contributed by atoms with Crippen molar-refractivity contribution < 1.29 is 9.59 Å². The molecule has 0 saturated carbocycles. The van der Waals surface area contributed by atoms with E-state index in [0.717, 1.165) is 34.4 Å². The Balaban J connectivity index is 1.21. The number of benzene rings is 3. The standard InChI is InChI=1S/C31H32N4O2S/c1-21-4-5-26(18-29(21)33-30(36)25-10-12-28(38-3)13-11-25)31(37)35-16-14-24(15-17-35)22-6-8-23(9-7-22)27-19-32-34(2)20-27/h4-13,18-20,24H,14-17H2,1-3H3,(H,33,36). The third kappa shape index (κ3) is 5.68. The zero-order valence-electron chi connectivity index (χ0n) is 22.0. The zero-order chi connectivity index (χ0) is 26.6. The number of aromatic nitrogens is 2. The smallest absolute Gasteiger partial charge is 0.255 e. The molecule has 194 valence electrons. The van der Waals surface area contributed by atoms with E-state index in [-0.39, 0.29) is 11.8 Å². The van der Waals surface area contributed by atoms with E-state index in [1.54, 1.807) is 17.8 Å². The Labute approximate surface area is 228 Å². The number of anilines is 1. The van der Waals surface area contributed by atoms with E-state index in [0.29, 0.717) is 35.8 Å². The van der Waals surface area contributed by atoms with Gasteiger partial charge in [0, 0.05) is 53.6 Å². The lowest BCUT2D eigenvalue weighted by molar-refractivity contribution is 0.0712. The number of carbonyl (C=O) groups is 2. The number of hydrogen-bond donors (Lipinski definition) is 1. The highest BCUT2D eigenvalue weighted by atomic mass is 32.2. The van der Waals surface area contributed by atoms with Gasteiger partial charge >= 0.3 is 0 Å². The summed E-state index contributed by atoms with van der Waals surface area (Å²) in [6.07, 6.45) is 7.76. The van der Waals surface area contributed by atoms with Gasteiger partial charge in [-0.05, 0) is 85.0 Å². The van der Waals surface area contributed by atoms with Gasteiger partial charge < -0.3 is 10.2 Å². The quantitative estimate of drug-likeness (QED) is 0.297. The molecule has 7 heteroatoms. The number of carbonyl (C=O) groups excluding carboxylic acids is 2. The van der Waals surface area contributed by atoms with Crippen molar-refractivity contribution in [1.29, 1.82) is 0 Å². The predicted octanol–water partition coefficient (Wildman–Crippen LogP) is 6.39. The third-order valence-electron chi connectivity index (χ3n) is 7.29. The monoisotopic (exact) mass is 524 g/mol. The van der Waals surface area contributed by atoms with Gasteiger partial charge in [-0.15, -0.1) is 11.8 Å². The molecule has 2 amide bonds. The average Bonchev–Trinajstić information content (AvgIpc) is 3.40. The molecule has 1 aliphatic rings. The van der Waals surface area contributed by atoms with Crippen LogP contribution in [0.5, 0.6) is 0 Å². The Bertz CT molecular complexity index is 1440. The Morgan fingerprint density at radius 3 is 2.24 bits per heavy atom. The van der Waals surface area contributed by atoms with Gasteiger partial charge in [-0.25, -0.2) is 0 Å². The van der Waals surface area contributed by atoms with E-state index in [1.807, 2.05) is 78.6 Å². The molecule has 0 atom stereocenters. The summed E-state index contributed by atoms with van der Waals surface area (Å²) in [4.78, 5) is 29.2. The minimum Gasteiger partial charge on any atom is -0.339 e. The second-order valence-electron chi connectivity index (χ2n) is 9.80. The van der Waals surface area contributed by atoms with Gasteiger partial charge in [0.05, 0.1) is 6.20 Å². The maximum atomic E-state index is 13.3. The summed E-state index contributed by atoms with van der Waals surface area (Å²) in [7, 11) is 1.92. The molecule has 5 rings (SSSR count). The Morgan fingerprint density at radius 2 is 1.61 bits per heavy atom. The Hall–Kier alpha value is -3.84. The van der Waals surface area contributed by atoms with E-state index in [2.05, 4.69) is 34.7 Å². The van der Waals surface area contributed by atoms with E-state index in [4.69, 9.17) is 0 Å². The van der Waals surface area contributed by atoms with E-state index < -0.39 is 0 Å². The SMILES string of the molecule is CSc1ccc(C(=O)Nc2cc(C(=O)N3CCC(c4ccc(-c5cnn(C)c5)cc4)CC3)ccc2C)cc1. The van der Waals surface area contributed by atoms with E-state index in [1.165, 1.54) is 5.56 Å². The number of rotatable bonds is 6. The molecule has 0 spiro atoms. The van der Waals surface area contributed by atoms with Crippen LogP contribution in [-0.4, -0.2) is 45.8 Å². The first-order chi connectivity index (χ1) is 18.4. The van der Waals surface area contributed by atoms with Crippen LogP contribution in [0.4, 0.5) is 5.69 Å². The molecule has 38 heavy (non-hydrogen) atoms. The molecule has 2 heterocycles. The van der Waals surface area contributed by atoms with Gasteiger partial charge in [0.25, 0.3) is 11.8 Å². The summed E-state index contributed by atoms with van der Waals surface area (Å²) in [5, 5.41) is 7.24. The van der Waals surface area contributed by atoms with Crippen LogP contribution >= 0.6 is 11.8 Å². The molecule has 0 aliphatic carbocycles. The first kappa shape index (κ1) is 25.8. The number of hydrogen-bond acceptors (Lipinski definition) is 4. The number of amides is 2. The highest BCUT2D eigenvalue weighted by Gasteiger charge is 2.25. The third-order valence-corrected chi connectivity index (χ3v) is 8.03. The lowest BCUT2D eigenvalue weighted by atomic mass is 9.88. The first-order valence-electron chi connectivity index (χ1n) is 12.9. The van der Waals surface area contributed by atoms with Gasteiger partial charge in [-0.1, -0.05) is 30.3 Å². The molecule has 1 fully saturated rings. The molecule has 0 radical (unpaired) electrons. The van der Waals surface area contributed by atoms with Crippen molar-refractivity contribution in [3.63, 3.8) is 0 Å². The van der Waals surface area contributed by atoms with Gasteiger partial charge in [0.15, 0.2) is 0 Å². The van der Waals surface area contributed by atoms with Gasteiger partial charge in [-0.2, -0.15) is 5.10 Å². The highest BCUT2D eigenvalue weighted by Crippen LogP contribution is 2.31. The molecule has 3 aromatic carbocycles. The molecule has 0 bridgehead atoms. The molecule has 1 N–H and O–H groups in total. The van der Waals surface area contributed by atoms with Crippen molar-refractivity contribution in [2.75, 3.05) is 24.7 Å². The summed E-state index contributed by atoms with van der Waals surface area (Å²) < 4.78 is 1.81. The number of likely N-dealkylation sites (tertiary alicyclic amines) is 1. The lowest BCUT2D eigenvalue weighted by Crippen LogP contribution is -2.38. The number of aryl methyl sites for hydroxylation is 2. The normalized spacial score (nSPS) is 13.9. The second kappa shape index (κ2) is 11.3. The molecule has 0 unspecified atom stereocenters. The summed E-state index contributed by atoms with van der Waals surface area (Å²) in [5.41, 5.74) is 6.37. The fraction of sp³-hybridized carbons (Fsp3) is 0.258. The molecular weight excluding hydrogens is 492 g/mol. The van der Waals surface area contributed by atoms with Crippen LogP contribution in [0.15, 0.2) is 84.0 Å².